The molecule has 3 atom stereocenters. The van der Waals surface area contributed by atoms with Crippen molar-refractivity contribution in [3.05, 3.63) is 58.7 Å². The van der Waals surface area contributed by atoms with Gasteiger partial charge in [0, 0.05) is 11.1 Å². The van der Waals surface area contributed by atoms with E-state index in [2.05, 4.69) is 30.3 Å². The van der Waals surface area contributed by atoms with Crippen LogP contribution in [0.1, 0.15) is 25.3 Å². The number of benzene rings is 1. The van der Waals surface area contributed by atoms with Crippen molar-refractivity contribution < 1.29 is 9.53 Å². The number of aryl methyl sites for hydroxylation is 1. The smallest absolute Gasteiger partial charge is 0.330 e. The highest BCUT2D eigenvalue weighted by atomic mass is 35.5. The Bertz CT molecular complexity index is 603. The Hall–Kier alpha value is -1.54. The lowest BCUT2D eigenvalue weighted by Crippen LogP contribution is -2.00. The molecule has 0 amide bonds. The van der Waals surface area contributed by atoms with Crippen LogP contribution in [0, 0.1) is 17.8 Å². The van der Waals surface area contributed by atoms with Crippen molar-refractivity contribution in [2.24, 2.45) is 17.8 Å². The second kappa shape index (κ2) is 6.70. The number of carbonyl (C=O) groups is 1. The third-order valence-electron chi connectivity index (χ3n) is 4.71. The zero-order chi connectivity index (χ0) is 15.5. The summed E-state index contributed by atoms with van der Waals surface area (Å²) in [4.78, 5) is 11.4. The Kier molecular flexibility index (Phi) is 4.68. The summed E-state index contributed by atoms with van der Waals surface area (Å²) in [6, 6.07) is 10.6. The van der Waals surface area contributed by atoms with E-state index in [1.807, 2.05) is 13.0 Å². The van der Waals surface area contributed by atoms with Crippen LogP contribution >= 0.6 is 11.6 Å². The monoisotopic (exact) mass is 316 g/mol. The molecule has 0 N–H and O–H groups in total. The minimum absolute atomic E-state index is 0.288. The maximum atomic E-state index is 11.4. The number of hydrogen-bond acceptors (Lipinski definition) is 2. The highest BCUT2D eigenvalue weighted by Gasteiger charge is 2.55. The molecule has 0 saturated heterocycles. The summed E-state index contributed by atoms with van der Waals surface area (Å²) in [5.41, 5.74) is 2.55. The fourth-order valence-corrected chi connectivity index (χ4v) is 3.98. The second-order valence-corrected chi connectivity index (χ2v) is 6.48. The number of rotatable bonds is 6. The standard InChI is InChI=1S/C19H21ClO2/c1-2-22-18(21)11-10-15-17(20)12-16-14(19(15)16)9-8-13-6-4-3-5-7-13/h3-7,10-11,14,16,19H,2,8-9,12H2,1H3/t14?,16-,19-/m1/s1. The van der Waals surface area contributed by atoms with Crippen LogP contribution in [0.2, 0.25) is 0 Å². The molecule has 1 unspecified atom stereocenters. The van der Waals surface area contributed by atoms with E-state index in [1.54, 1.807) is 0 Å². The molecule has 0 aliphatic heterocycles. The maximum Gasteiger partial charge on any atom is 0.330 e. The third kappa shape index (κ3) is 3.27. The lowest BCUT2D eigenvalue weighted by molar-refractivity contribution is -0.137. The SMILES string of the molecule is CCOC(=O)C=CC1=C(Cl)C[C@@H]2C(CCc3ccccc3)[C@H]12. The number of esters is 1. The molecule has 3 rings (SSSR count). The van der Waals surface area contributed by atoms with Gasteiger partial charge < -0.3 is 4.74 Å². The first-order valence-corrected chi connectivity index (χ1v) is 8.35. The van der Waals surface area contributed by atoms with Crippen LogP contribution in [0.4, 0.5) is 0 Å². The third-order valence-corrected chi connectivity index (χ3v) is 5.09. The van der Waals surface area contributed by atoms with Crippen molar-refractivity contribution in [1.29, 1.82) is 0 Å². The topological polar surface area (TPSA) is 26.3 Å². The predicted octanol–water partition coefficient (Wildman–Crippen LogP) is 4.50. The van der Waals surface area contributed by atoms with Crippen LogP contribution < -0.4 is 0 Å². The van der Waals surface area contributed by atoms with E-state index in [-0.39, 0.29) is 5.97 Å². The lowest BCUT2D eigenvalue weighted by atomic mass is 10.0. The van der Waals surface area contributed by atoms with Crippen LogP contribution in [0.3, 0.4) is 0 Å². The average molecular weight is 317 g/mol. The van der Waals surface area contributed by atoms with Crippen LogP contribution in [0.25, 0.3) is 0 Å². The molecule has 2 aliphatic rings. The summed E-state index contributed by atoms with van der Waals surface area (Å²) < 4.78 is 4.93. The molecule has 1 saturated carbocycles. The van der Waals surface area contributed by atoms with Gasteiger partial charge in [-0.25, -0.2) is 4.79 Å². The Morgan fingerprint density at radius 2 is 2.14 bits per heavy atom. The molecular weight excluding hydrogens is 296 g/mol. The molecule has 22 heavy (non-hydrogen) atoms. The number of carbonyl (C=O) groups excluding carboxylic acids is 1. The Labute approximate surface area is 136 Å². The minimum atomic E-state index is -0.288. The summed E-state index contributed by atoms with van der Waals surface area (Å²) in [6.45, 7) is 2.21. The van der Waals surface area contributed by atoms with Crippen molar-refractivity contribution in [1.82, 2.24) is 0 Å². The molecule has 1 fully saturated rings. The van der Waals surface area contributed by atoms with Gasteiger partial charge in [-0.2, -0.15) is 0 Å². The summed E-state index contributed by atoms with van der Waals surface area (Å²) in [6.07, 6.45) is 6.66. The van der Waals surface area contributed by atoms with Gasteiger partial charge in [-0.3, -0.25) is 0 Å². The van der Waals surface area contributed by atoms with Crippen molar-refractivity contribution in [3.63, 3.8) is 0 Å². The average Bonchev–Trinajstić information content (AvgIpc) is 3.08. The van der Waals surface area contributed by atoms with Gasteiger partial charge in [0.1, 0.15) is 0 Å². The van der Waals surface area contributed by atoms with E-state index in [0.717, 1.165) is 23.4 Å². The maximum absolute atomic E-state index is 11.4. The number of hydrogen-bond donors (Lipinski definition) is 0. The number of fused-ring (bicyclic) bond motifs is 1. The van der Waals surface area contributed by atoms with E-state index >= 15 is 0 Å². The summed E-state index contributed by atoms with van der Waals surface area (Å²) in [5, 5.41) is 0.923. The molecule has 1 aromatic carbocycles. The van der Waals surface area contributed by atoms with Crippen LogP contribution in [0.5, 0.6) is 0 Å². The van der Waals surface area contributed by atoms with Crippen LogP contribution in [0.15, 0.2) is 53.1 Å². The molecular formula is C19H21ClO2. The van der Waals surface area contributed by atoms with Gasteiger partial charge in [0.2, 0.25) is 0 Å². The van der Waals surface area contributed by atoms with Gasteiger partial charge in [-0.05, 0) is 55.1 Å². The van der Waals surface area contributed by atoms with Crippen LogP contribution in [-0.2, 0) is 16.0 Å². The minimum Gasteiger partial charge on any atom is -0.463 e. The molecule has 116 valence electrons. The number of halogens is 1. The Morgan fingerprint density at radius 3 is 2.86 bits per heavy atom. The molecule has 3 heteroatoms. The first-order chi connectivity index (χ1) is 10.7. The van der Waals surface area contributed by atoms with Gasteiger partial charge >= 0.3 is 5.97 Å². The number of ether oxygens (including phenoxy) is 1. The molecule has 2 nitrogen and oxygen atoms in total. The van der Waals surface area contributed by atoms with E-state index in [4.69, 9.17) is 16.3 Å². The molecule has 1 aromatic rings. The van der Waals surface area contributed by atoms with E-state index in [0.29, 0.717) is 24.4 Å². The van der Waals surface area contributed by atoms with Crippen LogP contribution in [-0.4, -0.2) is 12.6 Å². The normalized spacial score (nSPS) is 26.4. The fourth-order valence-electron chi connectivity index (χ4n) is 3.61. The van der Waals surface area contributed by atoms with Gasteiger partial charge in [0.25, 0.3) is 0 Å². The largest absolute Gasteiger partial charge is 0.463 e. The van der Waals surface area contributed by atoms with Gasteiger partial charge in [-0.15, -0.1) is 0 Å². The van der Waals surface area contributed by atoms with E-state index in [1.165, 1.54) is 18.1 Å². The number of allylic oxidation sites excluding steroid dienone is 3. The predicted molar refractivity (Wildman–Crippen MR) is 88.5 cm³/mol. The van der Waals surface area contributed by atoms with Gasteiger partial charge in [0.05, 0.1) is 6.61 Å². The Balaban J connectivity index is 1.56. The fraction of sp³-hybridized carbons (Fsp3) is 0.421. The van der Waals surface area contributed by atoms with Gasteiger partial charge in [0.15, 0.2) is 0 Å². The lowest BCUT2D eigenvalue weighted by Gasteiger charge is -2.06. The van der Waals surface area contributed by atoms with E-state index in [9.17, 15) is 4.79 Å². The van der Waals surface area contributed by atoms with Gasteiger partial charge in [-0.1, -0.05) is 48.0 Å². The summed E-state index contributed by atoms with van der Waals surface area (Å²) in [5.74, 6) is 1.65. The van der Waals surface area contributed by atoms with Crippen molar-refractivity contribution >= 4 is 17.6 Å². The first kappa shape index (κ1) is 15.4. The van der Waals surface area contributed by atoms with Crippen molar-refractivity contribution in [3.8, 4) is 0 Å². The molecule has 0 aromatic heterocycles. The molecule has 0 bridgehead atoms. The zero-order valence-electron chi connectivity index (χ0n) is 12.8. The highest BCUT2D eigenvalue weighted by molar-refractivity contribution is 6.30. The van der Waals surface area contributed by atoms with Crippen molar-refractivity contribution in [2.75, 3.05) is 6.61 Å². The molecule has 0 heterocycles. The quantitative estimate of drug-likeness (QED) is 0.570. The zero-order valence-corrected chi connectivity index (χ0v) is 13.6. The van der Waals surface area contributed by atoms with Crippen molar-refractivity contribution in [2.45, 2.75) is 26.2 Å². The Morgan fingerprint density at radius 1 is 1.36 bits per heavy atom. The highest BCUT2D eigenvalue weighted by Crippen LogP contribution is 2.62. The van der Waals surface area contributed by atoms with E-state index < -0.39 is 0 Å². The molecule has 0 spiro atoms. The molecule has 2 aliphatic carbocycles. The second-order valence-electron chi connectivity index (χ2n) is 6.03. The first-order valence-electron chi connectivity index (χ1n) is 7.98. The molecule has 0 radical (unpaired) electrons. The summed E-state index contributed by atoms with van der Waals surface area (Å²) >= 11 is 6.32. The summed E-state index contributed by atoms with van der Waals surface area (Å²) in [7, 11) is 0.